The summed E-state index contributed by atoms with van der Waals surface area (Å²) in [4.78, 5) is 0. The van der Waals surface area contributed by atoms with E-state index in [0.29, 0.717) is 10.8 Å². The molecule has 3 rings (SSSR count). The topological polar surface area (TPSA) is 21.3 Å². The largest absolute Gasteiger partial charge is 0.383 e. The molecule has 1 N–H and O–H groups in total. The fourth-order valence-electron chi connectivity index (χ4n) is 4.78. The number of aryl methyl sites for hydroxylation is 1. The molecule has 0 heterocycles. The number of rotatable bonds is 6. The van der Waals surface area contributed by atoms with Crippen LogP contribution in [0.5, 0.6) is 0 Å². The van der Waals surface area contributed by atoms with Crippen LogP contribution in [0, 0.1) is 12.3 Å². The van der Waals surface area contributed by atoms with Crippen LogP contribution < -0.4 is 5.32 Å². The van der Waals surface area contributed by atoms with Crippen LogP contribution in [0.25, 0.3) is 6.08 Å². The number of benzene rings is 1. The SMILES string of the molecule is COCCNCCC12CCCCC1(C)C=Cc1ccc(C)cc12. The maximum atomic E-state index is 5.16. The second kappa shape index (κ2) is 6.78. The number of ether oxygens (including phenoxy) is 1. The monoisotopic (exact) mass is 313 g/mol. The van der Waals surface area contributed by atoms with Crippen LogP contribution in [0.1, 0.15) is 55.7 Å². The van der Waals surface area contributed by atoms with Crippen molar-refractivity contribution in [1.82, 2.24) is 5.32 Å². The van der Waals surface area contributed by atoms with Gasteiger partial charge in [0.1, 0.15) is 0 Å². The van der Waals surface area contributed by atoms with E-state index in [-0.39, 0.29) is 0 Å². The van der Waals surface area contributed by atoms with Crippen molar-refractivity contribution in [3.8, 4) is 0 Å². The van der Waals surface area contributed by atoms with Crippen LogP contribution in [-0.2, 0) is 10.2 Å². The second-order valence-corrected chi connectivity index (χ2v) is 7.62. The summed E-state index contributed by atoms with van der Waals surface area (Å²) in [7, 11) is 1.77. The quantitative estimate of drug-likeness (QED) is 0.783. The first kappa shape index (κ1) is 16.7. The van der Waals surface area contributed by atoms with Crippen LogP contribution in [0.4, 0.5) is 0 Å². The third kappa shape index (κ3) is 2.99. The summed E-state index contributed by atoms with van der Waals surface area (Å²) in [5.74, 6) is 0. The van der Waals surface area contributed by atoms with E-state index < -0.39 is 0 Å². The van der Waals surface area contributed by atoms with E-state index in [2.05, 4.69) is 49.5 Å². The molecule has 126 valence electrons. The Kier molecular flexibility index (Phi) is 4.93. The highest BCUT2D eigenvalue weighted by atomic mass is 16.5. The minimum atomic E-state index is 0.293. The fourth-order valence-corrected chi connectivity index (χ4v) is 4.78. The smallest absolute Gasteiger partial charge is 0.0587 e. The highest BCUT2D eigenvalue weighted by Crippen LogP contribution is 2.58. The molecule has 1 aromatic carbocycles. The molecule has 0 aliphatic heterocycles. The Morgan fingerprint density at radius 1 is 1.17 bits per heavy atom. The van der Waals surface area contributed by atoms with E-state index in [9.17, 15) is 0 Å². The van der Waals surface area contributed by atoms with Gasteiger partial charge in [-0.2, -0.15) is 0 Å². The number of hydrogen-bond donors (Lipinski definition) is 1. The average molecular weight is 313 g/mol. The molecule has 2 aliphatic rings. The van der Waals surface area contributed by atoms with Gasteiger partial charge >= 0.3 is 0 Å². The Morgan fingerprint density at radius 3 is 2.83 bits per heavy atom. The number of nitrogens with one attached hydrogen (secondary N) is 1. The summed E-state index contributed by atoms with van der Waals surface area (Å²) in [6, 6.07) is 7.02. The molecule has 0 bridgehead atoms. The fraction of sp³-hybridized carbons (Fsp3) is 0.619. The van der Waals surface area contributed by atoms with Gasteiger partial charge in [0.25, 0.3) is 0 Å². The van der Waals surface area contributed by atoms with Gasteiger partial charge in [-0.15, -0.1) is 0 Å². The van der Waals surface area contributed by atoms with Gasteiger partial charge < -0.3 is 10.1 Å². The molecular weight excluding hydrogens is 282 g/mol. The first-order chi connectivity index (χ1) is 11.1. The summed E-state index contributed by atoms with van der Waals surface area (Å²) in [6.45, 7) is 7.52. The molecule has 2 aliphatic carbocycles. The number of hydrogen-bond acceptors (Lipinski definition) is 2. The second-order valence-electron chi connectivity index (χ2n) is 7.62. The van der Waals surface area contributed by atoms with Gasteiger partial charge in [-0.05, 0) is 49.3 Å². The molecule has 1 saturated carbocycles. The molecule has 2 atom stereocenters. The number of methoxy groups -OCH3 is 1. The van der Waals surface area contributed by atoms with Gasteiger partial charge in [-0.25, -0.2) is 0 Å². The van der Waals surface area contributed by atoms with Crippen molar-refractivity contribution in [2.24, 2.45) is 5.41 Å². The van der Waals surface area contributed by atoms with E-state index >= 15 is 0 Å². The molecule has 2 unspecified atom stereocenters. The summed E-state index contributed by atoms with van der Waals surface area (Å²) in [5, 5.41) is 3.57. The molecule has 2 heteroatoms. The normalized spacial score (nSPS) is 29.2. The van der Waals surface area contributed by atoms with Crippen LogP contribution in [0.3, 0.4) is 0 Å². The molecule has 23 heavy (non-hydrogen) atoms. The maximum absolute atomic E-state index is 5.16. The Balaban J connectivity index is 1.91. The molecule has 1 aromatic rings. The van der Waals surface area contributed by atoms with Crippen LogP contribution in [0.15, 0.2) is 24.3 Å². The van der Waals surface area contributed by atoms with Gasteiger partial charge in [0.2, 0.25) is 0 Å². The lowest BCUT2D eigenvalue weighted by Gasteiger charge is -2.54. The molecule has 0 saturated heterocycles. The molecule has 1 fully saturated rings. The Morgan fingerprint density at radius 2 is 2.00 bits per heavy atom. The number of fused-ring (bicyclic) bond motifs is 3. The van der Waals surface area contributed by atoms with E-state index in [4.69, 9.17) is 4.74 Å². The third-order valence-corrected chi connectivity index (χ3v) is 6.21. The zero-order valence-corrected chi connectivity index (χ0v) is 15.0. The minimum Gasteiger partial charge on any atom is -0.383 e. The summed E-state index contributed by atoms with van der Waals surface area (Å²) >= 11 is 0. The summed E-state index contributed by atoms with van der Waals surface area (Å²) < 4.78 is 5.16. The van der Waals surface area contributed by atoms with E-state index in [1.54, 1.807) is 12.7 Å². The van der Waals surface area contributed by atoms with E-state index in [1.807, 2.05) is 0 Å². The third-order valence-electron chi connectivity index (χ3n) is 6.21. The van der Waals surface area contributed by atoms with Crippen molar-refractivity contribution >= 4 is 6.08 Å². The van der Waals surface area contributed by atoms with Gasteiger partial charge in [0, 0.05) is 19.1 Å². The molecule has 2 nitrogen and oxygen atoms in total. The predicted molar refractivity (Wildman–Crippen MR) is 97.8 cm³/mol. The van der Waals surface area contributed by atoms with Crippen LogP contribution >= 0.6 is 0 Å². The summed E-state index contributed by atoms with van der Waals surface area (Å²) in [5.41, 5.74) is 5.01. The maximum Gasteiger partial charge on any atom is 0.0587 e. The summed E-state index contributed by atoms with van der Waals surface area (Å²) in [6.07, 6.45) is 11.4. The van der Waals surface area contributed by atoms with Crippen molar-refractivity contribution in [1.29, 1.82) is 0 Å². The number of allylic oxidation sites excluding steroid dienone is 1. The van der Waals surface area contributed by atoms with Crippen molar-refractivity contribution in [2.45, 2.75) is 51.4 Å². The molecule has 0 spiro atoms. The van der Waals surface area contributed by atoms with Gasteiger partial charge in [-0.1, -0.05) is 55.7 Å². The predicted octanol–water partition coefficient (Wildman–Crippen LogP) is 4.47. The molecular formula is C21H31NO. The first-order valence-electron chi connectivity index (χ1n) is 9.11. The van der Waals surface area contributed by atoms with Crippen molar-refractivity contribution < 1.29 is 4.74 Å². The average Bonchev–Trinajstić information content (AvgIpc) is 2.55. The van der Waals surface area contributed by atoms with E-state index in [0.717, 1.165) is 19.7 Å². The first-order valence-corrected chi connectivity index (χ1v) is 9.11. The van der Waals surface area contributed by atoms with Crippen LogP contribution in [0.2, 0.25) is 0 Å². The lowest BCUT2D eigenvalue weighted by molar-refractivity contribution is 0.109. The highest BCUT2D eigenvalue weighted by Gasteiger charge is 2.50. The Bertz CT molecular complexity index is 579. The van der Waals surface area contributed by atoms with Gasteiger partial charge in [0.15, 0.2) is 0 Å². The minimum absolute atomic E-state index is 0.293. The van der Waals surface area contributed by atoms with Gasteiger partial charge in [0.05, 0.1) is 6.61 Å². The zero-order valence-electron chi connectivity index (χ0n) is 15.0. The van der Waals surface area contributed by atoms with Gasteiger partial charge in [-0.3, -0.25) is 0 Å². The van der Waals surface area contributed by atoms with Crippen molar-refractivity contribution in [2.75, 3.05) is 26.8 Å². The molecule has 0 aromatic heterocycles. The molecule has 0 amide bonds. The lowest BCUT2D eigenvalue weighted by atomic mass is 9.50. The zero-order chi connectivity index (χ0) is 16.3. The lowest BCUT2D eigenvalue weighted by Crippen LogP contribution is -2.48. The van der Waals surface area contributed by atoms with E-state index in [1.165, 1.54) is 43.2 Å². The highest BCUT2D eigenvalue weighted by molar-refractivity contribution is 5.62. The Hall–Kier alpha value is -1.12. The molecule has 0 radical (unpaired) electrons. The van der Waals surface area contributed by atoms with Crippen LogP contribution in [-0.4, -0.2) is 26.8 Å². The van der Waals surface area contributed by atoms with Crippen molar-refractivity contribution in [3.63, 3.8) is 0 Å². The Labute approximate surface area is 141 Å². The van der Waals surface area contributed by atoms with Crippen molar-refractivity contribution in [3.05, 3.63) is 41.0 Å². The standard InChI is InChI=1S/C21H31NO/c1-17-6-7-18-8-11-20(2)9-4-5-10-21(20,19(18)16-17)12-13-22-14-15-23-3/h6-8,11,16,22H,4-5,9-10,12-15H2,1-3H3.